The SMILES string of the molecule is CCC(Cc1c(C)c2c(n1C1=CC=CCC1)CC(C)C=C2)N(C1=CCC2C=CC=CC2C=C1)C1=CC2C=C(CC1)c1ccccc1C2(c1ccccc1)c1ccccc1. The molecule has 6 aliphatic carbocycles. The summed E-state index contributed by atoms with van der Waals surface area (Å²) in [6.45, 7) is 7.21. The lowest BCUT2D eigenvalue weighted by molar-refractivity contribution is 0.294. The highest BCUT2D eigenvalue weighted by atomic mass is 15.2. The highest BCUT2D eigenvalue weighted by molar-refractivity contribution is 5.77. The predicted molar refractivity (Wildman–Crippen MR) is 248 cm³/mol. The summed E-state index contributed by atoms with van der Waals surface area (Å²) >= 11 is 0. The molecule has 10 rings (SSSR count). The van der Waals surface area contributed by atoms with Gasteiger partial charge in [0.2, 0.25) is 0 Å². The van der Waals surface area contributed by atoms with Gasteiger partial charge in [0.25, 0.3) is 0 Å². The van der Waals surface area contributed by atoms with Crippen LogP contribution in [0.15, 0.2) is 175 Å². The molecule has 0 saturated carbocycles. The summed E-state index contributed by atoms with van der Waals surface area (Å²) in [5.41, 5.74) is 16.8. The van der Waals surface area contributed by atoms with Crippen LogP contribution in [0.25, 0.3) is 17.3 Å². The Bertz CT molecular complexity index is 2470. The fourth-order valence-corrected chi connectivity index (χ4v) is 11.5. The van der Waals surface area contributed by atoms with E-state index in [-0.39, 0.29) is 17.4 Å². The second-order valence-electron chi connectivity index (χ2n) is 17.8. The Balaban J connectivity index is 1.16. The van der Waals surface area contributed by atoms with Crippen molar-refractivity contribution in [3.8, 4) is 0 Å². The van der Waals surface area contributed by atoms with Gasteiger partial charge >= 0.3 is 0 Å². The predicted octanol–water partition coefficient (Wildman–Crippen LogP) is 13.7. The van der Waals surface area contributed by atoms with Crippen molar-refractivity contribution in [2.24, 2.45) is 23.7 Å². The molecule has 3 aromatic carbocycles. The zero-order chi connectivity index (χ0) is 39.9. The van der Waals surface area contributed by atoms with E-state index in [4.69, 9.17) is 0 Å². The fraction of sp³-hybridized carbons (Fsp3) is 0.298. The van der Waals surface area contributed by atoms with Crippen LogP contribution in [0.4, 0.5) is 0 Å². The first-order valence-electron chi connectivity index (χ1n) is 22.5. The van der Waals surface area contributed by atoms with Gasteiger partial charge in [0.05, 0.1) is 5.41 Å². The maximum absolute atomic E-state index is 2.84. The molecule has 0 fully saturated rings. The summed E-state index contributed by atoms with van der Waals surface area (Å²) in [6.07, 6.45) is 42.4. The normalized spacial score (nSPS) is 24.1. The van der Waals surface area contributed by atoms with E-state index in [9.17, 15) is 0 Å². The third-order valence-corrected chi connectivity index (χ3v) is 14.4. The minimum Gasteiger partial charge on any atom is -0.342 e. The number of rotatable bonds is 9. The summed E-state index contributed by atoms with van der Waals surface area (Å²) in [4.78, 5) is 2.84. The van der Waals surface area contributed by atoms with Crippen LogP contribution in [0.1, 0.15) is 97.1 Å². The molecular weight excluding hydrogens is 713 g/mol. The molecule has 0 spiro atoms. The topological polar surface area (TPSA) is 8.17 Å². The highest BCUT2D eigenvalue weighted by Crippen LogP contribution is 2.55. The van der Waals surface area contributed by atoms with Crippen molar-refractivity contribution in [3.05, 3.63) is 220 Å². The molecule has 5 unspecified atom stereocenters. The van der Waals surface area contributed by atoms with Crippen molar-refractivity contribution >= 4 is 17.3 Å². The highest BCUT2D eigenvalue weighted by Gasteiger charge is 2.47. The molecule has 2 heteroatoms. The Morgan fingerprint density at radius 3 is 2.32 bits per heavy atom. The van der Waals surface area contributed by atoms with Crippen LogP contribution in [0.5, 0.6) is 0 Å². The molecule has 0 N–H and O–H groups in total. The van der Waals surface area contributed by atoms with Gasteiger partial charge in [-0.1, -0.05) is 172 Å². The maximum atomic E-state index is 2.84. The molecule has 296 valence electrons. The summed E-state index contributed by atoms with van der Waals surface area (Å²) in [6, 6.07) is 32.3. The zero-order valence-corrected chi connectivity index (χ0v) is 35.1. The van der Waals surface area contributed by atoms with Gasteiger partial charge in [-0.05, 0) is 115 Å². The zero-order valence-electron chi connectivity index (χ0n) is 35.1. The molecule has 0 radical (unpaired) electrons. The van der Waals surface area contributed by atoms with E-state index in [0.717, 1.165) is 51.4 Å². The molecule has 1 aromatic heterocycles. The third-order valence-electron chi connectivity index (χ3n) is 14.4. The number of hydrogen-bond acceptors (Lipinski definition) is 1. The average molecular weight is 771 g/mol. The molecule has 2 bridgehead atoms. The van der Waals surface area contributed by atoms with E-state index in [1.54, 1.807) is 0 Å². The van der Waals surface area contributed by atoms with Crippen molar-refractivity contribution in [2.45, 2.75) is 83.6 Å². The average Bonchev–Trinajstić information content (AvgIpc) is 3.44. The van der Waals surface area contributed by atoms with E-state index in [2.05, 4.69) is 200 Å². The molecule has 0 aliphatic heterocycles. The molecule has 1 heterocycles. The molecule has 6 aliphatic rings. The quantitative estimate of drug-likeness (QED) is 0.165. The van der Waals surface area contributed by atoms with Crippen LogP contribution in [0.2, 0.25) is 0 Å². The second-order valence-corrected chi connectivity index (χ2v) is 17.8. The van der Waals surface area contributed by atoms with Crippen LogP contribution in [-0.2, 0) is 18.3 Å². The molecule has 59 heavy (non-hydrogen) atoms. The van der Waals surface area contributed by atoms with Crippen LogP contribution in [-0.4, -0.2) is 15.5 Å². The molecule has 5 atom stereocenters. The van der Waals surface area contributed by atoms with E-state index >= 15 is 0 Å². The van der Waals surface area contributed by atoms with Gasteiger partial charge in [-0.3, -0.25) is 0 Å². The fourth-order valence-electron chi connectivity index (χ4n) is 11.5. The van der Waals surface area contributed by atoms with E-state index < -0.39 is 0 Å². The first-order valence-corrected chi connectivity index (χ1v) is 22.5. The lowest BCUT2D eigenvalue weighted by Gasteiger charge is -2.45. The van der Waals surface area contributed by atoms with Crippen LogP contribution >= 0.6 is 0 Å². The number of allylic oxidation sites excluding steroid dienone is 16. The summed E-state index contributed by atoms with van der Waals surface area (Å²) < 4.78 is 2.72. The third kappa shape index (κ3) is 6.56. The minimum atomic E-state index is -0.377. The lowest BCUT2D eigenvalue weighted by atomic mass is 9.57. The largest absolute Gasteiger partial charge is 0.342 e. The number of fused-ring (bicyclic) bond motifs is 5. The van der Waals surface area contributed by atoms with Crippen LogP contribution in [0.3, 0.4) is 0 Å². The Labute approximate surface area is 352 Å². The summed E-state index contributed by atoms with van der Waals surface area (Å²) in [5.74, 6) is 1.58. The Hall–Kier alpha value is -5.60. The first kappa shape index (κ1) is 37.7. The van der Waals surface area contributed by atoms with Crippen LogP contribution in [0, 0.1) is 30.6 Å². The Morgan fingerprint density at radius 2 is 1.56 bits per heavy atom. The van der Waals surface area contributed by atoms with Gasteiger partial charge in [-0.15, -0.1) is 0 Å². The number of hydrogen-bond donors (Lipinski definition) is 0. The maximum Gasteiger partial charge on any atom is 0.0555 e. The van der Waals surface area contributed by atoms with Crippen LogP contribution < -0.4 is 0 Å². The Kier molecular flexibility index (Phi) is 10.1. The minimum absolute atomic E-state index is 0.127. The molecular formula is C57H58N2. The van der Waals surface area contributed by atoms with Crippen molar-refractivity contribution in [1.82, 2.24) is 9.47 Å². The van der Waals surface area contributed by atoms with Gasteiger partial charge < -0.3 is 9.47 Å². The van der Waals surface area contributed by atoms with Gasteiger partial charge in [-0.2, -0.15) is 0 Å². The molecule has 4 aromatic rings. The van der Waals surface area contributed by atoms with Crippen molar-refractivity contribution in [2.75, 3.05) is 0 Å². The number of aromatic nitrogens is 1. The van der Waals surface area contributed by atoms with Crippen molar-refractivity contribution in [1.29, 1.82) is 0 Å². The smallest absolute Gasteiger partial charge is 0.0555 e. The summed E-state index contributed by atoms with van der Waals surface area (Å²) in [5, 5.41) is 0. The number of benzene rings is 3. The number of nitrogens with zero attached hydrogens (tertiary/aromatic N) is 2. The monoisotopic (exact) mass is 770 g/mol. The van der Waals surface area contributed by atoms with Gasteiger partial charge in [0.1, 0.15) is 0 Å². The van der Waals surface area contributed by atoms with E-state index in [1.807, 2.05) is 0 Å². The van der Waals surface area contributed by atoms with E-state index in [0.29, 0.717) is 17.8 Å². The van der Waals surface area contributed by atoms with Gasteiger partial charge in [0.15, 0.2) is 0 Å². The summed E-state index contributed by atoms with van der Waals surface area (Å²) in [7, 11) is 0. The molecule has 2 nitrogen and oxygen atoms in total. The van der Waals surface area contributed by atoms with Gasteiger partial charge in [0, 0.05) is 52.8 Å². The van der Waals surface area contributed by atoms with Crippen molar-refractivity contribution in [3.63, 3.8) is 0 Å². The first-order chi connectivity index (χ1) is 29.0. The van der Waals surface area contributed by atoms with E-state index in [1.165, 1.54) is 67.4 Å². The molecule has 0 saturated heterocycles. The molecule has 0 amide bonds. The second kappa shape index (κ2) is 15.9. The Morgan fingerprint density at radius 1 is 0.797 bits per heavy atom. The lowest BCUT2D eigenvalue weighted by Crippen LogP contribution is -2.40. The van der Waals surface area contributed by atoms with Gasteiger partial charge in [-0.25, -0.2) is 0 Å². The van der Waals surface area contributed by atoms with Crippen molar-refractivity contribution < 1.29 is 0 Å². The standard InChI is InChI=1S/C57H58N2/c1-4-48(39-55-41(3)52-35-28-40(2)36-56(52)59(55)49-24-12-7-13-25-49)58(50-32-29-42-18-14-15-19-43(42)30-33-50)51-34-31-44-37-47(38-51)57(45-20-8-5-9-21-45,46-22-10-6-11-23-46)54-27-17-16-26-53(44)54/h5-12,14-24,26-29,32-33,35,37-38,40,42-43,47-48H,4,13,25,30-31,34,36,39H2,1-3H3.